The van der Waals surface area contributed by atoms with Gasteiger partial charge < -0.3 is 14.6 Å². The Balaban J connectivity index is 1.67. The second kappa shape index (κ2) is 10.8. The van der Waals surface area contributed by atoms with Gasteiger partial charge in [0, 0.05) is 17.1 Å². The Morgan fingerprint density at radius 1 is 1.16 bits per heavy atom. The van der Waals surface area contributed by atoms with Crippen LogP contribution in [0.15, 0.2) is 47.6 Å². The van der Waals surface area contributed by atoms with Crippen LogP contribution in [0.1, 0.15) is 46.4 Å². The van der Waals surface area contributed by atoms with E-state index in [9.17, 15) is 9.59 Å². The average Bonchev–Trinajstić information content (AvgIpc) is 3.20. The number of aromatic nitrogens is 3. The molecular weight excluding hydrogens is 471 g/mol. The monoisotopic (exact) mass is 492 g/mol. The Morgan fingerprint density at radius 3 is 2.50 bits per heavy atom. The summed E-state index contributed by atoms with van der Waals surface area (Å²) < 4.78 is 7.00. The summed E-state index contributed by atoms with van der Waals surface area (Å²) in [6, 6.07) is 11.2. The number of ether oxygens (including phenoxy) is 1. The number of amides is 1. The Bertz CT molecular complexity index is 1120. The van der Waals surface area contributed by atoms with E-state index in [-0.39, 0.29) is 22.5 Å². The smallest absolute Gasteiger partial charge is 0.253 e. The molecule has 0 aliphatic rings. The summed E-state index contributed by atoms with van der Waals surface area (Å²) in [7, 11) is 1.58. The Morgan fingerprint density at radius 2 is 1.88 bits per heavy atom. The highest BCUT2D eigenvalue weighted by molar-refractivity contribution is 7.99. The average molecular weight is 493 g/mol. The molecule has 0 spiro atoms. The van der Waals surface area contributed by atoms with E-state index in [1.807, 2.05) is 18.4 Å². The van der Waals surface area contributed by atoms with Gasteiger partial charge in [-0.25, -0.2) is 0 Å². The summed E-state index contributed by atoms with van der Waals surface area (Å²) in [5.74, 6) is 1.13. The number of thioether (sulfide) groups is 1. The van der Waals surface area contributed by atoms with Crippen LogP contribution in [0.25, 0.3) is 0 Å². The normalized spacial score (nSPS) is 11.8. The van der Waals surface area contributed by atoms with Crippen molar-refractivity contribution in [3.63, 3.8) is 0 Å². The third kappa shape index (κ3) is 5.62. The molecule has 0 saturated carbocycles. The SMILES string of the molecule is CCn1c(SCC(=O)c2ccc(OC)cc2)nnc1C(C)NC(=O)c1ccc(Cl)cc1Cl. The van der Waals surface area contributed by atoms with Crippen LogP contribution in [-0.4, -0.2) is 39.3 Å². The van der Waals surface area contributed by atoms with Crippen molar-refractivity contribution in [1.82, 2.24) is 20.1 Å². The van der Waals surface area contributed by atoms with Gasteiger partial charge in [0.15, 0.2) is 16.8 Å². The highest BCUT2D eigenvalue weighted by Crippen LogP contribution is 2.24. The number of nitrogens with one attached hydrogen (secondary N) is 1. The highest BCUT2D eigenvalue weighted by Gasteiger charge is 2.21. The van der Waals surface area contributed by atoms with Crippen LogP contribution in [0.4, 0.5) is 0 Å². The molecule has 0 saturated heterocycles. The number of Topliss-reactive ketones (excluding diaryl/α,β-unsaturated/α-hetero) is 1. The van der Waals surface area contributed by atoms with Crippen LogP contribution in [0, 0.1) is 0 Å². The molecule has 7 nitrogen and oxygen atoms in total. The molecule has 1 N–H and O–H groups in total. The van der Waals surface area contributed by atoms with E-state index in [4.69, 9.17) is 27.9 Å². The number of carbonyl (C=O) groups excluding carboxylic acids is 2. The molecule has 1 unspecified atom stereocenters. The van der Waals surface area contributed by atoms with Crippen LogP contribution in [0.3, 0.4) is 0 Å². The van der Waals surface area contributed by atoms with Gasteiger partial charge in [-0.2, -0.15) is 0 Å². The van der Waals surface area contributed by atoms with Crippen LogP contribution in [-0.2, 0) is 6.54 Å². The number of benzene rings is 2. The van der Waals surface area contributed by atoms with Gasteiger partial charge in [-0.15, -0.1) is 10.2 Å². The topological polar surface area (TPSA) is 86.1 Å². The minimum absolute atomic E-state index is 0.0245. The van der Waals surface area contributed by atoms with Crippen molar-refractivity contribution in [1.29, 1.82) is 0 Å². The molecule has 1 aromatic heterocycles. The van der Waals surface area contributed by atoms with Crippen LogP contribution in [0.2, 0.25) is 10.0 Å². The lowest BCUT2D eigenvalue weighted by Crippen LogP contribution is -2.29. The van der Waals surface area contributed by atoms with Gasteiger partial charge in [0.05, 0.1) is 29.5 Å². The van der Waals surface area contributed by atoms with Crippen molar-refractivity contribution in [2.75, 3.05) is 12.9 Å². The predicted octanol–water partition coefficient (Wildman–Crippen LogP) is 5.08. The molecule has 3 aromatic rings. The van der Waals surface area contributed by atoms with Gasteiger partial charge in [0.25, 0.3) is 5.91 Å². The first kappa shape index (κ1) is 24.1. The number of hydrogen-bond donors (Lipinski definition) is 1. The maximum Gasteiger partial charge on any atom is 0.253 e. The zero-order valence-corrected chi connectivity index (χ0v) is 20.1. The molecule has 0 aliphatic carbocycles. The molecule has 0 aliphatic heterocycles. The van der Waals surface area contributed by atoms with Crippen LogP contribution in [0.5, 0.6) is 5.75 Å². The number of hydrogen-bond acceptors (Lipinski definition) is 6. The van der Waals surface area contributed by atoms with Crippen molar-refractivity contribution in [2.24, 2.45) is 0 Å². The molecule has 168 valence electrons. The lowest BCUT2D eigenvalue weighted by molar-refractivity contribution is 0.0937. The highest BCUT2D eigenvalue weighted by atomic mass is 35.5. The van der Waals surface area contributed by atoms with E-state index in [0.29, 0.717) is 39.4 Å². The van der Waals surface area contributed by atoms with Gasteiger partial charge in [-0.05, 0) is 56.3 Å². The quantitative estimate of drug-likeness (QED) is 0.331. The largest absolute Gasteiger partial charge is 0.497 e. The molecular formula is C22H22Cl2N4O3S. The summed E-state index contributed by atoms with van der Waals surface area (Å²) in [5.41, 5.74) is 0.923. The molecule has 10 heteroatoms. The van der Waals surface area contributed by atoms with E-state index in [1.165, 1.54) is 17.8 Å². The first-order chi connectivity index (χ1) is 15.3. The first-order valence-corrected chi connectivity index (χ1v) is 11.6. The fraction of sp³-hybridized carbons (Fsp3) is 0.273. The van der Waals surface area contributed by atoms with Gasteiger partial charge in [-0.1, -0.05) is 35.0 Å². The van der Waals surface area contributed by atoms with Gasteiger partial charge in [0.2, 0.25) is 0 Å². The molecule has 0 fully saturated rings. The zero-order chi connectivity index (χ0) is 23.3. The van der Waals surface area contributed by atoms with E-state index in [1.54, 1.807) is 43.5 Å². The summed E-state index contributed by atoms with van der Waals surface area (Å²) in [5, 5.41) is 12.7. The minimum atomic E-state index is -0.423. The van der Waals surface area contributed by atoms with E-state index >= 15 is 0 Å². The summed E-state index contributed by atoms with van der Waals surface area (Å²) in [4.78, 5) is 25.1. The molecule has 3 rings (SSSR count). The van der Waals surface area contributed by atoms with Crippen molar-refractivity contribution in [2.45, 2.75) is 31.6 Å². The molecule has 1 atom stereocenters. The molecule has 1 amide bonds. The standard InChI is InChI=1S/C22H22Cl2N4O3S/c1-4-28-20(13(2)25-21(30)17-10-7-15(23)11-18(17)24)26-27-22(28)32-12-19(29)14-5-8-16(31-3)9-6-14/h5-11,13H,4,12H2,1-3H3,(H,25,30). The van der Waals surface area contributed by atoms with Crippen molar-refractivity contribution < 1.29 is 14.3 Å². The maximum absolute atomic E-state index is 12.6. The fourth-order valence-electron chi connectivity index (χ4n) is 3.03. The fourth-order valence-corrected chi connectivity index (χ4v) is 4.43. The van der Waals surface area contributed by atoms with Crippen molar-refractivity contribution in [3.05, 3.63) is 69.5 Å². The minimum Gasteiger partial charge on any atom is -0.497 e. The number of ketones is 1. The Kier molecular flexibility index (Phi) is 8.17. The Hall–Kier alpha value is -2.55. The third-order valence-electron chi connectivity index (χ3n) is 4.72. The molecule has 2 aromatic carbocycles. The van der Waals surface area contributed by atoms with E-state index in [0.717, 1.165) is 0 Å². The molecule has 32 heavy (non-hydrogen) atoms. The maximum atomic E-state index is 12.6. The summed E-state index contributed by atoms with van der Waals surface area (Å²) in [6.07, 6.45) is 0. The second-order valence-electron chi connectivity index (χ2n) is 6.84. The van der Waals surface area contributed by atoms with Crippen LogP contribution < -0.4 is 10.1 Å². The number of methoxy groups -OCH3 is 1. The summed E-state index contributed by atoms with van der Waals surface area (Å²) in [6.45, 7) is 4.35. The van der Waals surface area contributed by atoms with Crippen molar-refractivity contribution in [3.8, 4) is 5.75 Å². The lowest BCUT2D eigenvalue weighted by Gasteiger charge is -2.15. The van der Waals surface area contributed by atoms with E-state index < -0.39 is 6.04 Å². The number of halogens is 2. The van der Waals surface area contributed by atoms with Gasteiger partial charge in [-0.3, -0.25) is 9.59 Å². The predicted molar refractivity (Wildman–Crippen MR) is 126 cm³/mol. The van der Waals surface area contributed by atoms with Gasteiger partial charge >= 0.3 is 0 Å². The third-order valence-corrected chi connectivity index (χ3v) is 6.23. The van der Waals surface area contributed by atoms with Crippen molar-refractivity contribution >= 4 is 46.7 Å². The molecule has 0 bridgehead atoms. The number of carbonyl (C=O) groups is 2. The lowest BCUT2D eigenvalue weighted by atomic mass is 10.1. The van der Waals surface area contributed by atoms with Gasteiger partial charge in [0.1, 0.15) is 5.75 Å². The van der Waals surface area contributed by atoms with E-state index in [2.05, 4.69) is 15.5 Å². The molecule has 0 radical (unpaired) electrons. The number of rotatable bonds is 9. The second-order valence-corrected chi connectivity index (χ2v) is 8.63. The first-order valence-electron chi connectivity index (χ1n) is 9.83. The summed E-state index contributed by atoms with van der Waals surface area (Å²) >= 11 is 13.3. The number of nitrogens with zero attached hydrogens (tertiary/aromatic N) is 3. The zero-order valence-electron chi connectivity index (χ0n) is 17.8. The Labute approximate surface area is 200 Å². The van der Waals surface area contributed by atoms with Crippen LogP contribution >= 0.6 is 35.0 Å². The molecule has 1 heterocycles.